The summed E-state index contributed by atoms with van der Waals surface area (Å²) in [5.74, 6) is -0.570. The molecule has 120 valence electrons. The van der Waals surface area contributed by atoms with Crippen molar-refractivity contribution in [1.29, 1.82) is 0 Å². The van der Waals surface area contributed by atoms with Gasteiger partial charge in [-0.3, -0.25) is 4.79 Å². The molecule has 0 aromatic heterocycles. The molecule has 21 heavy (non-hydrogen) atoms. The van der Waals surface area contributed by atoms with Gasteiger partial charge in [-0.15, -0.1) is 0 Å². The van der Waals surface area contributed by atoms with Crippen LogP contribution in [0.15, 0.2) is 0 Å². The molecule has 0 radical (unpaired) electrons. The second-order valence-corrected chi connectivity index (χ2v) is 6.60. The minimum Gasteiger partial charge on any atom is -0.355 e. The Morgan fingerprint density at radius 2 is 2.10 bits per heavy atom. The van der Waals surface area contributed by atoms with Crippen molar-refractivity contribution in [3.63, 3.8) is 0 Å². The molecule has 1 amide bonds. The van der Waals surface area contributed by atoms with Crippen LogP contribution < -0.4 is 10.6 Å². The highest BCUT2D eigenvalue weighted by Gasteiger charge is 2.61. The molecular formula is C14H22F3N3O. The lowest BCUT2D eigenvalue weighted by atomic mass is 9.85. The largest absolute Gasteiger partial charge is 0.404 e. The molecule has 2 unspecified atom stereocenters. The molecule has 2 saturated heterocycles. The topological polar surface area (TPSA) is 44.4 Å². The molecule has 0 aromatic carbocycles. The van der Waals surface area contributed by atoms with Gasteiger partial charge in [0.05, 0.1) is 0 Å². The fraction of sp³-hybridized carbons (Fsp3) is 0.929. The van der Waals surface area contributed by atoms with Crippen LogP contribution in [-0.4, -0.2) is 55.7 Å². The summed E-state index contributed by atoms with van der Waals surface area (Å²) in [7, 11) is 0. The number of amides is 1. The van der Waals surface area contributed by atoms with Crippen LogP contribution in [0.1, 0.15) is 25.7 Å². The van der Waals surface area contributed by atoms with E-state index in [1.807, 2.05) is 0 Å². The molecule has 0 aromatic rings. The molecule has 2 aliphatic heterocycles. The summed E-state index contributed by atoms with van der Waals surface area (Å²) in [6, 6.07) is 0.686. The summed E-state index contributed by atoms with van der Waals surface area (Å²) in [6.45, 7) is 2.21. The number of halogens is 3. The fourth-order valence-electron chi connectivity index (χ4n) is 3.46. The second-order valence-electron chi connectivity index (χ2n) is 6.60. The SMILES string of the molecule is O=C(NCC1CCN(C2CC2)C1)C1(C(F)(F)F)CCNC1. The summed E-state index contributed by atoms with van der Waals surface area (Å²) < 4.78 is 39.7. The number of hydrogen-bond acceptors (Lipinski definition) is 3. The average molecular weight is 305 g/mol. The molecule has 1 saturated carbocycles. The number of alkyl halides is 3. The zero-order valence-corrected chi connectivity index (χ0v) is 12.0. The minimum atomic E-state index is -4.49. The van der Waals surface area contributed by atoms with Gasteiger partial charge in [0.15, 0.2) is 5.41 Å². The Kier molecular flexibility index (Phi) is 3.90. The maximum absolute atomic E-state index is 13.2. The lowest BCUT2D eigenvalue weighted by Gasteiger charge is -2.30. The zero-order chi connectivity index (χ0) is 15.1. The number of carbonyl (C=O) groups is 1. The van der Waals surface area contributed by atoms with Gasteiger partial charge < -0.3 is 15.5 Å². The van der Waals surface area contributed by atoms with Crippen LogP contribution in [-0.2, 0) is 4.79 Å². The molecule has 3 rings (SSSR count). The Bertz CT molecular complexity index is 403. The van der Waals surface area contributed by atoms with E-state index in [2.05, 4.69) is 15.5 Å². The third-order valence-corrected chi connectivity index (χ3v) is 5.06. The molecule has 2 atom stereocenters. The highest BCUT2D eigenvalue weighted by molar-refractivity contribution is 5.84. The first-order chi connectivity index (χ1) is 9.92. The van der Waals surface area contributed by atoms with E-state index < -0.39 is 17.5 Å². The molecule has 1 aliphatic carbocycles. The summed E-state index contributed by atoms with van der Waals surface area (Å²) in [5, 5.41) is 5.24. The number of likely N-dealkylation sites (tertiary alicyclic amines) is 1. The van der Waals surface area contributed by atoms with Crippen molar-refractivity contribution in [3.05, 3.63) is 0 Å². The van der Waals surface area contributed by atoms with Crippen LogP contribution >= 0.6 is 0 Å². The van der Waals surface area contributed by atoms with Crippen molar-refractivity contribution < 1.29 is 18.0 Å². The average Bonchev–Trinajstić information content (AvgIpc) is 2.97. The number of nitrogens with one attached hydrogen (secondary N) is 2. The summed E-state index contributed by atoms with van der Waals surface area (Å²) in [5.41, 5.74) is -2.23. The Morgan fingerprint density at radius 1 is 1.33 bits per heavy atom. The minimum absolute atomic E-state index is 0.165. The van der Waals surface area contributed by atoms with E-state index in [1.54, 1.807) is 0 Å². The zero-order valence-electron chi connectivity index (χ0n) is 12.0. The van der Waals surface area contributed by atoms with Gasteiger partial charge in [-0.1, -0.05) is 0 Å². The lowest BCUT2D eigenvalue weighted by Crippen LogP contribution is -2.53. The first kappa shape index (κ1) is 15.1. The quantitative estimate of drug-likeness (QED) is 0.818. The van der Waals surface area contributed by atoms with Gasteiger partial charge in [0.25, 0.3) is 0 Å². The van der Waals surface area contributed by atoms with Crippen LogP contribution in [0.4, 0.5) is 13.2 Å². The third-order valence-electron chi connectivity index (χ3n) is 5.06. The molecule has 0 bridgehead atoms. The molecular weight excluding hydrogens is 283 g/mol. The lowest BCUT2D eigenvalue weighted by molar-refractivity contribution is -0.216. The van der Waals surface area contributed by atoms with Crippen molar-refractivity contribution in [2.75, 3.05) is 32.7 Å². The van der Waals surface area contributed by atoms with E-state index in [9.17, 15) is 18.0 Å². The molecule has 2 heterocycles. The third kappa shape index (κ3) is 2.90. The van der Waals surface area contributed by atoms with E-state index >= 15 is 0 Å². The first-order valence-corrected chi connectivity index (χ1v) is 7.72. The van der Waals surface area contributed by atoms with Crippen molar-refractivity contribution in [2.45, 2.75) is 37.9 Å². The van der Waals surface area contributed by atoms with Gasteiger partial charge in [-0.05, 0) is 44.7 Å². The van der Waals surface area contributed by atoms with Crippen LogP contribution in [0.3, 0.4) is 0 Å². The summed E-state index contributed by atoms with van der Waals surface area (Å²) in [4.78, 5) is 14.5. The number of hydrogen-bond donors (Lipinski definition) is 2. The van der Waals surface area contributed by atoms with E-state index in [4.69, 9.17) is 0 Å². The van der Waals surface area contributed by atoms with Crippen LogP contribution in [0.25, 0.3) is 0 Å². The molecule has 2 N–H and O–H groups in total. The van der Waals surface area contributed by atoms with E-state index in [-0.39, 0.29) is 25.4 Å². The highest BCUT2D eigenvalue weighted by Crippen LogP contribution is 2.43. The van der Waals surface area contributed by atoms with E-state index in [0.717, 1.165) is 19.5 Å². The van der Waals surface area contributed by atoms with Gasteiger partial charge in [-0.2, -0.15) is 13.2 Å². The van der Waals surface area contributed by atoms with Crippen molar-refractivity contribution >= 4 is 5.91 Å². The fourth-order valence-corrected chi connectivity index (χ4v) is 3.46. The second kappa shape index (κ2) is 5.43. The van der Waals surface area contributed by atoms with Crippen LogP contribution in [0.2, 0.25) is 0 Å². The summed E-state index contributed by atoms with van der Waals surface area (Å²) in [6.07, 6.45) is -1.21. The standard InChI is InChI=1S/C14H22F3N3O/c15-14(16,17)13(4-5-18-9-13)12(21)19-7-10-3-6-20(8-10)11-1-2-11/h10-11,18H,1-9H2,(H,19,21). The molecule has 3 fully saturated rings. The van der Waals surface area contributed by atoms with E-state index in [1.165, 1.54) is 12.8 Å². The van der Waals surface area contributed by atoms with Gasteiger partial charge in [0, 0.05) is 25.7 Å². The number of rotatable bonds is 4. The van der Waals surface area contributed by atoms with Crippen molar-refractivity contribution in [3.8, 4) is 0 Å². The summed E-state index contributed by atoms with van der Waals surface area (Å²) >= 11 is 0. The smallest absolute Gasteiger partial charge is 0.355 e. The van der Waals surface area contributed by atoms with Crippen LogP contribution in [0, 0.1) is 11.3 Å². The Hall–Kier alpha value is -0.820. The van der Waals surface area contributed by atoms with Gasteiger partial charge >= 0.3 is 6.18 Å². The maximum Gasteiger partial charge on any atom is 0.404 e. The molecule has 3 aliphatic rings. The molecule has 7 heteroatoms. The van der Waals surface area contributed by atoms with Gasteiger partial charge in [0.1, 0.15) is 0 Å². The Balaban J connectivity index is 1.53. The highest BCUT2D eigenvalue weighted by atomic mass is 19.4. The van der Waals surface area contributed by atoms with Crippen molar-refractivity contribution in [2.24, 2.45) is 11.3 Å². The van der Waals surface area contributed by atoms with Gasteiger partial charge in [0.2, 0.25) is 5.91 Å². The molecule has 4 nitrogen and oxygen atoms in total. The van der Waals surface area contributed by atoms with Crippen LogP contribution in [0.5, 0.6) is 0 Å². The predicted octanol–water partition coefficient (Wildman–Crippen LogP) is 1.13. The van der Waals surface area contributed by atoms with E-state index in [0.29, 0.717) is 12.6 Å². The Morgan fingerprint density at radius 3 is 2.67 bits per heavy atom. The number of nitrogens with zero attached hydrogens (tertiary/aromatic N) is 1. The normalized spacial score (nSPS) is 34.3. The first-order valence-electron chi connectivity index (χ1n) is 7.72. The monoisotopic (exact) mass is 305 g/mol. The van der Waals surface area contributed by atoms with Gasteiger partial charge in [-0.25, -0.2) is 0 Å². The maximum atomic E-state index is 13.2. The number of carbonyl (C=O) groups excluding carboxylic acids is 1. The predicted molar refractivity (Wildman–Crippen MR) is 71.7 cm³/mol. The Labute approximate surface area is 122 Å². The molecule has 0 spiro atoms. The van der Waals surface area contributed by atoms with Crippen molar-refractivity contribution in [1.82, 2.24) is 15.5 Å².